The highest BCUT2D eigenvalue weighted by molar-refractivity contribution is 5.85. The van der Waals surface area contributed by atoms with E-state index >= 15 is 0 Å². The molecule has 0 spiro atoms. The molecule has 1 heterocycles. The maximum Gasteiger partial charge on any atom is 0.308 e. The number of aromatic nitrogens is 2. The van der Waals surface area contributed by atoms with Crippen LogP contribution in [0.2, 0.25) is 0 Å². The predicted octanol–water partition coefficient (Wildman–Crippen LogP) is 3.65. The third kappa shape index (κ3) is 4.61. The second-order valence-corrected chi connectivity index (χ2v) is 6.09. The molecule has 0 aliphatic carbocycles. The number of ether oxygens (including phenoxy) is 3. The third-order valence-corrected chi connectivity index (χ3v) is 4.02. The third-order valence-electron chi connectivity index (χ3n) is 4.02. The molecule has 0 fully saturated rings. The van der Waals surface area contributed by atoms with Crippen molar-refractivity contribution in [2.75, 3.05) is 7.11 Å². The first-order valence-electron chi connectivity index (χ1n) is 8.76. The number of esters is 2. The fourth-order valence-electron chi connectivity index (χ4n) is 2.94. The van der Waals surface area contributed by atoms with Gasteiger partial charge < -0.3 is 14.2 Å². The van der Waals surface area contributed by atoms with Crippen LogP contribution in [0, 0.1) is 6.92 Å². The van der Waals surface area contributed by atoms with Crippen molar-refractivity contribution in [2.24, 2.45) is 0 Å². The molecule has 0 aliphatic rings. The molecule has 1 aromatic heterocycles. The van der Waals surface area contributed by atoms with Crippen molar-refractivity contribution in [1.29, 1.82) is 0 Å². The molecule has 27 heavy (non-hydrogen) atoms. The highest BCUT2D eigenvalue weighted by Crippen LogP contribution is 2.48. The summed E-state index contributed by atoms with van der Waals surface area (Å²) in [7, 11) is 1.50. The van der Waals surface area contributed by atoms with E-state index in [4.69, 9.17) is 14.2 Å². The molecule has 0 amide bonds. The summed E-state index contributed by atoms with van der Waals surface area (Å²) < 4.78 is 16.6. The lowest BCUT2D eigenvalue weighted by Crippen LogP contribution is -2.12. The smallest absolute Gasteiger partial charge is 0.308 e. The fraction of sp³-hybridized carbons (Fsp3) is 0.400. The molecule has 7 nitrogen and oxygen atoms in total. The van der Waals surface area contributed by atoms with Crippen molar-refractivity contribution >= 4 is 11.9 Å². The van der Waals surface area contributed by atoms with E-state index in [2.05, 4.69) is 16.9 Å². The molecule has 7 heteroatoms. The topological polar surface area (TPSA) is 87.6 Å². The number of hydrogen-bond donors (Lipinski definition) is 0. The van der Waals surface area contributed by atoms with Gasteiger partial charge in [0.15, 0.2) is 11.5 Å². The SMILES string of the molecule is CCCCc1c(OC)c(OC(C)=O)c(C)c(-c2cncnc2)c1OC(C)=O. The van der Waals surface area contributed by atoms with Crippen molar-refractivity contribution in [2.45, 2.75) is 47.0 Å². The summed E-state index contributed by atoms with van der Waals surface area (Å²) in [6, 6.07) is 0. The molecule has 0 saturated heterocycles. The van der Waals surface area contributed by atoms with Crippen LogP contribution in [0.1, 0.15) is 44.7 Å². The lowest BCUT2D eigenvalue weighted by atomic mass is 9.93. The minimum atomic E-state index is -0.465. The van der Waals surface area contributed by atoms with Crippen molar-refractivity contribution in [3.05, 3.63) is 29.8 Å². The normalized spacial score (nSPS) is 10.4. The van der Waals surface area contributed by atoms with Gasteiger partial charge in [-0.05, 0) is 19.8 Å². The number of rotatable bonds is 7. The van der Waals surface area contributed by atoms with Gasteiger partial charge >= 0.3 is 11.9 Å². The van der Waals surface area contributed by atoms with Crippen LogP contribution < -0.4 is 14.2 Å². The van der Waals surface area contributed by atoms with Gasteiger partial charge in [-0.3, -0.25) is 9.59 Å². The molecule has 0 atom stereocenters. The zero-order valence-corrected chi connectivity index (χ0v) is 16.3. The van der Waals surface area contributed by atoms with Crippen LogP contribution in [0.4, 0.5) is 0 Å². The van der Waals surface area contributed by atoms with Crippen LogP contribution in [0.3, 0.4) is 0 Å². The molecule has 2 rings (SSSR count). The summed E-state index contributed by atoms with van der Waals surface area (Å²) >= 11 is 0. The van der Waals surface area contributed by atoms with Crippen LogP contribution in [-0.2, 0) is 16.0 Å². The van der Waals surface area contributed by atoms with Gasteiger partial charge in [-0.2, -0.15) is 0 Å². The number of methoxy groups -OCH3 is 1. The maximum absolute atomic E-state index is 11.8. The van der Waals surface area contributed by atoms with E-state index in [1.807, 2.05) is 0 Å². The summed E-state index contributed by atoms with van der Waals surface area (Å²) in [5.74, 6) is 0.177. The van der Waals surface area contributed by atoms with Crippen LogP contribution in [0.15, 0.2) is 18.7 Å². The van der Waals surface area contributed by atoms with Crippen molar-refractivity contribution in [3.63, 3.8) is 0 Å². The molecule has 0 bridgehead atoms. The highest BCUT2D eigenvalue weighted by Gasteiger charge is 2.27. The lowest BCUT2D eigenvalue weighted by Gasteiger charge is -2.22. The largest absolute Gasteiger partial charge is 0.492 e. The summed E-state index contributed by atoms with van der Waals surface area (Å²) in [6.45, 7) is 6.51. The van der Waals surface area contributed by atoms with Crippen LogP contribution >= 0.6 is 0 Å². The zero-order valence-electron chi connectivity index (χ0n) is 16.3. The highest BCUT2D eigenvalue weighted by atomic mass is 16.6. The zero-order chi connectivity index (χ0) is 20.0. The molecule has 1 aromatic carbocycles. The number of nitrogens with zero attached hydrogens (tertiary/aromatic N) is 2. The number of carbonyl (C=O) groups excluding carboxylic acids is 2. The van der Waals surface area contributed by atoms with Crippen LogP contribution in [0.25, 0.3) is 11.1 Å². The van der Waals surface area contributed by atoms with Crippen LogP contribution in [0.5, 0.6) is 17.2 Å². The van der Waals surface area contributed by atoms with E-state index in [0.717, 1.165) is 12.8 Å². The molecule has 0 radical (unpaired) electrons. The van der Waals surface area contributed by atoms with Gasteiger partial charge in [0.1, 0.15) is 12.1 Å². The Labute approximate surface area is 158 Å². The summed E-state index contributed by atoms with van der Waals surface area (Å²) in [6.07, 6.45) is 7.03. The second kappa shape index (κ2) is 9.12. The van der Waals surface area contributed by atoms with E-state index < -0.39 is 11.9 Å². The first kappa shape index (κ1) is 20.4. The second-order valence-electron chi connectivity index (χ2n) is 6.09. The minimum Gasteiger partial charge on any atom is -0.492 e. The Morgan fingerprint density at radius 2 is 1.59 bits per heavy atom. The van der Waals surface area contributed by atoms with E-state index in [-0.39, 0.29) is 0 Å². The lowest BCUT2D eigenvalue weighted by molar-refractivity contribution is -0.133. The van der Waals surface area contributed by atoms with E-state index in [9.17, 15) is 9.59 Å². The maximum atomic E-state index is 11.8. The monoisotopic (exact) mass is 372 g/mol. The number of hydrogen-bond acceptors (Lipinski definition) is 7. The van der Waals surface area contributed by atoms with E-state index in [1.54, 1.807) is 19.3 Å². The van der Waals surface area contributed by atoms with Gasteiger partial charge in [0, 0.05) is 48.5 Å². The quantitative estimate of drug-likeness (QED) is 0.541. The summed E-state index contributed by atoms with van der Waals surface area (Å²) in [5, 5.41) is 0. The first-order chi connectivity index (χ1) is 12.9. The number of unbranched alkanes of at least 4 members (excludes halogenated alkanes) is 1. The Morgan fingerprint density at radius 3 is 2.11 bits per heavy atom. The van der Waals surface area contributed by atoms with E-state index in [0.29, 0.717) is 45.9 Å². The van der Waals surface area contributed by atoms with Gasteiger partial charge in [0.05, 0.1) is 7.11 Å². The molecule has 0 aliphatic heterocycles. The molecule has 0 unspecified atom stereocenters. The number of benzene rings is 1. The van der Waals surface area contributed by atoms with Gasteiger partial charge in [-0.1, -0.05) is 13.3 Å². The van der Waals surface area contributed by atoms with Crippen LogP contribution in [-0.4, -0.2) is 29.0 Å². The molecule has 2 aromatic rings. The Bertz CT molecular complexity index is 834. The van der Waals surface area contributed by atoms with Gasteiger partial charge in [-0.15, -0.1) is 0 Å². The summed E-state index contributed by atoms with van der Waals surface area (Å²) in [4.78, 5) is 31.6. The fourth-order valence-corrected chi connectivity index (χ4v) is 2.94. The molecular weight excluding hydrogens is 348 g/mol. The predicted molar refractivity (Wildman–Crippen MR) is 100.0 cm³/mol. The summed E-state index contributed by atoms with van der Waals surface area (Å²) in [5.41, 5.74) is 2.54. The molecule has 144 valence electrons. The Hall–Kier alpha value is -2.96. The van der Waals surface area contributed by atoms with Crippen molar-refractivity contribution in [3.8, 4) is 28.4 Å². The molecule has 0 N–H and O–H groups in total. The van der Waals surface area contributed by atoms with E-state index in [1.165, 1.54) is 27.3 Å². The average molecular weight is 372 g/mol. The Balaban J connectivity index is 2.89. The Morgan fingerprint density at radius 1 is 1.00 bits per heavy atom. The standard InChI is InChI=1S/C20H24N2O5/c1-6-7-8-16-19(27-14(4)24)17(15-9-21-11-22-10-15)12(2)18(20(16)25-5)26-13(3)23/h9-11H,6-8H2,1-5H3. The molecule has 0 saturated carbocycles. The first-order valence-corrected chi connectivity index (χ1v) is 8.76. The van der Waals surface area contributed by atoms with Gasteiger partial charge in [0.25, 0.3) is 0 Å². The van der Waals surface area contributed by atoms with Gasteiger partial charge in [0.2, 0.25) is 0 Å². The molecular formula is C20H24N2O5. The average Bonchev–Trinajstić information content (AvgIpc) is 2.63. The van der Waals surface area contributed by atoms with Gasteiger partial charge in [-0.25, -0.2) is 9.97 Å². The van der Waals surface area contributed by atoms with Crippen molar-refractivity contribution < 1.29 is 23.8 Å². The Kier molecular flexibility index (Phi) is 6.87. The minimum absolute atomic E-state index is 0.311. The number of carbonyl (C=O) groups is 2. The van der Waals surface area contributed by atoms with Crippen molar-refractivity contribution in [1.82, 2.24) is 9.97 Å².